The van der Waals surface area contributed by atoms with Crippen LogP contribution in [0.3, 0.4) is 0 Å². The third-order valence-electron chi connectivity index (χ3n) is 5.19. The molecule has 29 heavy (non-hydrogen) atoms. The van der Waals surface area contributed by atoms with Crippen molar-refractivity contribution in [3.8, 4) is 11.3 Å². The van der Waals surface area contributed by atoms with Crippen molar-refractivity contribution in [1.82, 2.24) is 10.6 Å². The number of anilines is 1. The van der Waals surface area contributed by atoms with Gasteiger partial charge in [0.2, 0.25) is 5.91 Å². The van der Waals surface area contributed by atoms with Crippen LogP contribution in [-0.2, 0) is 4.79 Å². The van der Waals surface area contributed by atoms with Crippen molar-refractivity contribution in [2.75, 3.05) is 12.4 Å². The Labute approximate surface area is 168 Å². The van der Waals surface area contributed by atoms with E-state index in [1.54, 1.807) is 43.4 Å². The molecule has 1 fully saturated rings. The number of benzene rings is 1. The molecule has 3 rings (SSSR count). The molecule has 3 amide bonds. The Bertz CT molecular complexity index is 869. The third kappa shape index (κ3) is 5.16. The summed E-state index contributed by atoms with van der Waals surface area (Å²) in [6.45, 7) is 0. The molecule has 0 radical (unpaired) electrons. The van der Waals surface area contributed by atoms with Gasteiger partial charge in [-0.3, -0.25) is 14.9 Å². The first-order valence-corrected chi connectivity index (χ1v) is 9.70. The normalized spacial score (nSPS) is 15.3. The van der Waals surface area contributed by atoms with Crippen LogP contribution in [0.5, 0.6) is 0 Å². The van der Waals surface area contributed by atoms with Crippen LogP contribution in [0.25, 0.3) is 11.3 Å². The second kappa shape index (κ2) is 9.27. The van der Waals surface area contributed by atoms with Crippen molar-refractivity contribution < 1.29 is 23.9 Å². The molecule has 154 valence electrons. The van der Waals surface area contributed by atoms with E-state index in [1.165, 1.54) is 0 Å². The maximum Gasteiger partial charge on any atom is 0.409 e. The van der Waals surface area contributed by atoms with Gasteiger partial charge in [-0.25, -0.2) is 4.79 Å². The van der Waals surface area contributed by atoms with Crippen molar-refractivity contribution in [3.05, 3.63) is 42.2 Å². The summed E-state index contributed by atoms with van der Waals surface area (Å²) in [6, 6.07) is 9.26. The van der Waals surface area contributed by atoms with E-state index in [2.05, 4.69) is 16.0 Å². The molecule has 0 bridgehead atoms. The van der Waals surface area contributed by atoms with Crippen molar-refractivity contribution in [1.29, 1.82) is 0 Å². The van der Waals surface area contributed by atoms with E-state index >= 15 is 0 Å². The van der Waals surface area contributed by atoms with Crippen LogP contribution in [0.4, 0.5) is 10.5 Å². The van der Waals surface area contributed by atoms with Gasteiger partial charge < -0.3 is 20.2 Å². The molecule has 4 N–H and O–H groups in total. The van der Waals surface area contributed by atoms with E-state index in [0.29, 0.717) is 17.0 Å². The minimum atomic E-state index is -1.14. The average Bonchev–Trinajstić information content (AvgIpc) is 3.22. The minimum Gasteiger partial charge on any atom is -0.465 e. The van der Waals surface area contributed by atoms with E-state index in [9.17, 15) is 14.4 Å². The van der Waals surface area contributed by atoms with Crippen LogP contribution < -0.4 is 16.0 Å². The van der Waals surface area contributed by atoms with Gasteiger partial charge in [0.15, 0.2) is 5.76 Å². The highest BCUT2D eigenvalue weighted by Crippen LogP contribution is 2.28. The molecular weight excluding hydrogens is 374 g/mol. The predicted molar refractivity (Wildman–Crippen MR) is 108 cm³/mol. The quantitative estimate of drug-likeness (QED) is 0.593. The summed E-state index contributed by atoms with van der Waals surface area (Å²) in [6.07, 6.45) is 3.97. The third-order valence-corrected chi connectivity index (χ3v) is 5.19. The molecule has 1 aliphatic carbocycles. The number of carboxylic acid groups (broad SMARTS) is 1. The van der Waals surface area contributed by atoms with E-state index in [1.807, 2.05) is 0 Å². The van der Waals surface area contributed by atoms with Gasteiger partial charge in [-0.15, -0.1) is 0 Å². The van der Waals surface area contributed by atoms with Crippen LogP contribution in [-0.4, -0.2) is 36.1 Å². The molecule has 8 nitrogen and oxygen atoms in total. The fourth-order valence-corrected chi connectivity index (χ4v) is 3.69. The summed E-state index contributed by atoms with van der Waals surface area (Å²) in [4.78, 5) is 35.7. The second-order valence-corrected chi connectivity index (χ2v) is 7.13. The number of furan rings is 1. The topological polar surface area (TPSA) is 121 Å². The average molecular weight is 399 g/mol. The summed E-state index contributed by atoms with van der Waals surface area (Å²) in [7, 11) is 1.57. The van der Waals surface area contributed by atoms with Gasteiger partial charge in [-0.05, 0) is 55.2 Å². The predicted octanol–water partition coefficient (Wildman–Crippen LogP) is 3.46. The van der Waals surface area contributed by atoms with Gasteiger partial charge in [0.1, 0.15) is 11.8 Å². The number of carbonyl (C=O) groups excluding carboxylic acids is 2. The number of carbonyl (C=O) groups is 3. The number of hydrogen-bond donors (Lipinski definition) is 4. The van der Waals surface area contributed by atoms with Gasteiger partial charge in [0.05, 0.1) is 0 Å². The molecule has 1 saturated carbocycles. The highest BCUT2D eigenvalue weighted by Gasteiger charge is 2.31. The Morgan fingerprint density at radius 3 is 2.34 bits per heavy atom. The largest absolute Gasteiger partial charge is 0.465 e. The molecule has 1 aliphatic rings. The lowest BCUT2D eigenvalue weighted by Gasteiger charge is -2.29. The van der Waals surface area contributed by atoms with E-state index < -0.39 is 18.0 Å². The lowest BCUT2D eigenvalue weighted by molar-refractivity contribution is -0.124. The van der Waals surface area contributed by atoms with E-state index in [4.69, 9.17) is 9.52 Å². The standard InChI is InChI=1S/C21H25N3O5/c1-22-20(26)18(14-5-3-2-4-6-14)24-19(25)17-12-11-16(29-17)13-7-9-15(10-8-13)23-21(27)28/h7-12,14,18,23H,2-6H2,1H3,(H,22,26)(H,24,25)(H,27,28)/t18-/m0/s1. The van der Waals surface area contributed by atoms with Crippen molar-refractivity contribution in [2.24, 2.45) is 5.92 Å². The summed E-state index contributed by atoms with van der Waals surface area (Å²) >= 11 is 0. The van der Waals surface area contributed by atoms with Gasteiger partial charge >= 0.3 is 6.09 Å². The fourth-order valence-electron chi connectivity index (χ4n) is 3.69. The first kappa shape index (κ1) is 20.4. The molecule has 0 aliphatic heterocycles. The summed E-state index contributed by atoms with van der Waals surface area (Å²) in [5, 5.41) is 16.5. The summed E-state index contributed by atoms with van der Waals surface area (Å²) in [5.74, 6) is 0.0955. The maximum atomic E-state index is 12.7. The molecule has 0 spiro atoms. The Hall–Kier alpha value is -3.29. The van der Waals surface area contributed by atoms with Crippen molar-refractivity contribution >= 4 is 23.6 Å². The van der Waals surface area contributed by atoms with E-state index in [0.717, 1.165) is 32.1 Å². The zero-order chi connectivity index (χ0) is 20.8. The Morgan fingerprint density at radius 2 is 1.72 bits per heavy atom. The molecule has 1 atom stereocenters. The SMILES string of the molecule is CNC(=O)[C@@H](NC(=O)c1ccc(-c2ccc(NC(=O)O)cc2)o1)C1CCCCC1. The molecule has 0 saturated heterocycles. The van der Waals surface area contributed by atoms with Gasteiger partial charge in [0, 0.05) is 18.3 Å². The lowest BCUT2D eigenvalue weighted by Crippen LogP contribution is -2.50. The van der Waals surface area contributed by atoms with Crippen LogP contribution in [0.1, 0.15) is 42.7 Å². The molecule has 1 aromatic heterocycles. The monoisotopic (exact) mass is 399 g/mol. The van der Waals surface area contributed by atoms with Crippen molar-refractivity contribution in [2.45, 2.75) is 38.1 Å². The van der Waals surface area contributed by atoms with Crippen LogP contribution in [0.2, 0.25) is 0 Å². The molecule has 1 heterocycles. The van der Waals surface area contributed by atoms with Crippen LogP contribution >= 0.6 is 0 Å². The molecule has 0 unspecified atom stereocenters. The molecule has 1 aromatic carbocycles. The maximum absolute atomic E-state index is 12.7. The molecular formula is C21H25N3O5. The van der Waals surface area contributed by atoms with Crippen LogP contribution in [0, 0.1) is 5.92 Å². The number of hydrogen-bond acceptors (Lipinski definition) is 4. The van der Waals surface area contributed by atoms with Gasteiger partial charge in [0.25, 0.3) is 5.91 Å². The second-order valence-electron chi connectivity index (χ2n) is 7.13. The summed E-state index contributed by atoms with van der Waals surface area (Å²) in [5.41, 5.74) is 1.14. The Kier molecular flexibility index (Phi) is 6.54. The molecule has 2 aromatic rings. The smallest absolute Gasteiger partial charge is 0.409 e. The number of nitrogens with one attached hydrogen (secondary N) is 3. The van der Waals surface area contributed by atoms with Crippen LogP contribution in [0.15, 0.2) is 40.8 Å². The zero-order valence-electron chi connectivity index (χ0n) is 16.2. The fraction of sp³-hybridized carbons (Fsp3) is 0.381. The number of amides is 3. The van der Waals surface area contributed by atoms with Crippen molar-refractivity contribution in [3.63, 3.8) is 0 Å². The molecule has 8 heteroatoms. The van der Waals surface area contributed by atoms with E-state index in [-0.39, 0.29) is 17.6 Å². The first-order valence-electron chi connectivity index (χ1n) is 9.70. The van der Waals surface area contributed by atoms with Gasteiger partial charge in [-0.2, -0.15) is 0 Å². The van der Waals surface area contributed by atoms with Gasteiger partial charge in [-0.1, -0.05) is 19.3 Å². The minimum absolute atomic E-state index is 0.122. The summed E-state index contributed by atoms with van der Waals surface area (Å²) < 4.78 is 5.67. The highest BCUT2D eigenvalue weighted by molar-refractivity contribution is 5.96. The Balaban J connectivity index is 1.70. The highest BCUT2D eigenvalue weighted by atomic mass is 16.4. The first-order chi connectivity index (χ1) is 14.0. The number of likely N-dealkylation sites (N-methyl/N-ethyl adjacent to an activating group) is 1. The Morgan fingerprint density at radius 1 is 1.03 bits per heavy atom. The number of rotatable bonds is 6. The zero-order valence-corrected chi connectivity index (χ0v) is 16.2. The lowest BCUT2D eigenvalue weighted by atomic mass is 9.83.